The minimum atomic E-state index is -0.640. The van der Waals surface area contributed by atoms with Gasteiger partial charge < -0.3 is 14.8 Å². The lowest BCUT2D eigenvalue weighted by atomic mass is 10.1. The number of ether oxygens (including phenoxy) is 2. The number of carbonyl (C=O) groups is 3. The fraction of sp³-hybridized carbons (Fsp3) is 0.211. The van der Waals surface area contributed by atoms with Gasteiger partial charge in [-0.3, -0.25) is 4.79 Å². The van der Waals surface area contributed by atoms with Crippen molar-refractivity contribution in [2.75, 3.05) is 13.7 Å². The molecule has 0 fully saturated rings. The van der Waals surface area contributed by atoms with Gasteiger partial charge in [0.2, 0.25) is 0 Å². The normalized spacial score (nSPS) is 11.3. The molecule has 1 atom stereocenters. The lowest BCUT2D eigenvalue weighted by Crippen LogP contribution is -2.31. The van der Waals surface area contributed by atoms with Crippen LogP contribution in [0.2, 0.25) is 0 Å². The van der Waals surface area contributed by atoms with Crippen molar-refractivity contribution in [3.8, 4) is 0 Å². The number of hydrogen-bond donors (Lipinski definition) is 1. The fourth-order valence-electron chi connectivity index (χ4n) is 2.18. The van der Waals surface area contributed by atoms with Crippen LogP contribution < -0.4 is 5.32 Å². The van der Waals surface area contributed by atoms with Crippen LogP contribution in [0.25, 0.3) is 0 Å². The van der Waals surface area contributed by atoms with E-state index < -0.39 is 17.8 Å². The molecule has 0 radical (unpaired) electrons. The highest BCUT2D eigenvalue weighted by molar-refractivity contribution is 5.94. The van der Waals surface area contributed by atoms with Gasteiger partial charge in [-0.25, -0.2) is 9.59 Å². The highest BCUT2D eigenvalue weighted by atomic mass is 16.5. The minimum Gasteiger partial charge on any atom is -0.465 e. The summed E-state index contributed by atoms with van der Waals surface area (Å²) in [6.45, 7) is 1.47. The molecule has 0 aliphatic rings. The summed E-state index contributed by atoms with van der Waals surface area (Å²) in [7, 11) is 1.28. The highest BCUT2D eigenvalue weighted by Crippen LogP contribution is 2.11. The van der Waals surface area contributed by atoms with Crippen LogP contribution in [0.4, 0.5) is 0 Å². The molecule has 2 aromatic rings. The van der Waals surface area contributed by atoms with E-state index in [1.807, 2.05) is 37.3 Å². The van der Waals surface area contributed by atoms with Crippen LogP contribution in [0.5, 0.6) is 0 Å². The van der Waals surface area contributed by atoms with E-state index in [1.165, 1.54) is 31.4 Å². The van der Waals surface area contributed by atoms with Gasteiger partial charge in [0.15, 0.2) is 6.61 Å². The van der Waals surface area contributed by atoms with Crippen molar-refractivity contribution >= 4 is 17.8 Å². The SMILES string of the molecule is COC(=O)c1ccc(C(=O)OCC(=O)N[C@@H](C)c2ccccc2)cc1. The third-order valence-electron chi connectivity index (χ3n) is 3.55. The summed E-state index contributed by atoms with van der Waals surface area (Å²) in [5, 5.41) is 2.76. The maximum absolute atomic E-state index is 11.9. The first kappa shape index (κ1) is 18.2. The van der Waals surface area contributed by atoms with Crippen molar-refractivity contribution < 1.29 is 23.9 Å². The molecule has 0 saturated carbocycles. The maximum Gasteiger partial charge on any atom is 0.338 e. The Morgan fingerprint density at radius 1 is 0.920 bits per heavy atom. The zero-order valence-corrected chi connectivity index (χ0v) is 14.0. The molecular weight excluding hydrogens is 322 g/mol. The van der Waals surface area contributed by atoms with E-state index in [9.17, 15) is 14.4 Å². The van der Waals surface area contributed by atoms with Gasteiger partial charge >= 0.3 is 11.9 Å². The van der Waals surface area contributed by atoms with Crippen molar-refractivity contribution in [2.45, 2.75) is 13.0 Å². The smallest absolute Gasteiger partial charge is 0.338 e. The van der Waals surface area contributed by atoms with Crippen LogP contribution in [0, 0.1) is 0 Å². The molecule has 0 unspecified atom stereocenters. The number of methoxy groups -OCH3 is 1. The second-order valence-electron chi connectivity index (χ2n) is 5.34. The fourth-order valence-corrected chi connectivity index (χ4v) is 2.18. The van der Waals surface area contributed by atoms with E-state index >= 15 is 0 Å². The number of rotatable bonds is 6. The summed E-state index contributed by atoms with van der Waals surface area (Å²) in [5.74, 6) is -1.52. The lowest BCUT2D eigenvalue weighted by Gasteiger charge is -2.14. The Balaban J connectivity index is 1.85. The van der Waals surface area contributed by atoms with Gasteiger partial charge in [0, 0.05) is 0 Å². The van der Waals surface area contributed by atoms with E-state index in [0.717, 1.165) is 5.56 Å². The summed E-state index contributed by atoms with van der Waals surface area (Å²) >= 11 is 0. The Hall–Kier alpha value is -3.15. The second kappa shape index (κ2) is 8.63. The van der Waals surface area contributed by atoms with Crippen molar-refractivity contribution in [3.63, 3.8) is 0 Å². The molecule has 0 aliphatic heterocycles. The van der Waals surface area contributed by atoms with Crippen molar-refractivity contribution in [3.05, 3.63) is 71.3 Å². The number of nitrogens with one attached hydrogen (secondary N) is 1. The van der Waals surface area contributed by atoms with E-state index in [0.29, 0.717) is 5.56 Å². The Kier molecular flexibility index (Phi) is 6.28. The number of esters is 2. The molecule has 6 heteroatoms. The third kappa shape index (κ3) is 5.17. The zero-order chi connectivity index (χ0) is 18.2. The van der Waals surface area contributed by atoms with Crippen LogP contribution in [0.15, 0.2) is 54.6 Å². The van der Waals surface area contributed by atoms with Gasteiger partial charge in [0.1, 0.15) is 0 Å². The molecule has 0 aromatic heterocycles. The number of amides is 1. The summed E-state index contributed by atoms with van der Waals surface area (Å²) in [5.41, 5.74) is 1.53. The molecule has 1 N–H and O–H groups in total. The van der Waals surface area contributed by atoms with Gasteiger partial charge in [0.05, 0.1) is 24.3 Å². The molecule has 0 aliphatic carbocycles. The van der Waals surface area contributed by atoms with Gasteiger partial charge in [-0.15, -0.1) is 0 Å². The van der Waals surface area contributed by atoms with E-state index in [2.05, 4.69) is 10.1 Å². The number of hydrogen-bond acceptors (Lipinski definition) is 5. The number of benzene rings is 2. The molecular formula is C19H19NO5. The van der Waals surface area contributed by atoms with E-state index in [4.69, 9.17) is 4.74 Å². The second-order valence-corrected chi connectivity index (χ2v) is 5.34. The largest absolute Gasteiger partial charge is 0.465 e. The molecule has 1 amide bonds. The Labute approximate surface area is 145 Å². The van der Waals surface area contributed by atoms with Gasteiger partial charge in [-0.2, -0.15) is 0 Å². The first-order valence-corrected chi connectivity index (χ1v) is 7.71. The quantitative estimate of drug-likeness (QED) is 0.817. The van der Waals surface area contributed by atoms with Crippen molar-refractivity contribution in [2.24, 2.45) is 0 Å². The molecule has 0 saturated heterocycles. The van der Waals surface area contributed by atoms with Crippen molar-refractivity contribution in [1.82, 2.24) is 5.32 Å². The third-order valence-corrected chi connectivity index (χ3v) is 3.55. The predicted octanol–water partition coefficient (Wildman–Crippen LogP) is 2.51. The zero-order valence-electron chi connectivity index (χ0n) is 14.0. The molecule has 25 heavy (non-hydrogen) atoms. The Morgan fingerprint density at radius 3 is 2.04 bits per heavy atom. The summed E-state index contributed by atoms with van der Waals surface area (Å²) < 4.78 is 9.57. The maximum atomic E-state index is 11.9. The first-order valence-electron chi connectivity index (χ1n) is 7.71. The molecule has 0 bridgehead atoms. The van der Waals surface area contributed by atoms with Crippen molar-refractivity contribution in [1.29, 1.82) is 0 Å². The summed E-state index contributed by atoms with van der Waals surface area (Å²) in [4.78, 5) is 35.2. The predicted molar refractivity (Wildman–Crippen MR) is 91.1 cm³/mol. The minimum absolute atomic E-state index is 0.188. The van der Waals surface area contributed by atoms with Crippen LogP contribution in [-0.2, 0) is 14.3 Å². The molecule has 0 heterocycles. The average Bonchev–Trinajstić information content (AvgIpc) is 2.66. The lowest BCUT2D eigenvalue weighted by molar-refractivity contribution is -0.124. The van der Waals surface area contributed by atoms with Gasteiger partial charge in [-0.05, 0) is 36.8 Å². The topological polar surface area (TPSA) is 81.7 Å². The molecule has 2 aromatic carbocycles. The molecule has 6 nitrogen and oxygen atoms in total. The van der Waals surface area contributed by atoms with Crippen LogP contribution >= 0.6 is 0 Å². The van der Waals surface area contributed by atoms with Crippen LogP contribution in [0.3, 0.4) is 0 Å². The number of carbonyl (C=O) groups excluding carboxylic acids is 3. The Morgan fingerprint density at radius 2 is 1.48 bits per heavy atom. The standard InChI is InChI=1S/C19H19NO5/c1-13(14-6-4-3-5-7-14)20-17(21)12-25-19(23)16-10-8-15(9-11-16)18(22)24-2/h3-11,13H,12H2,1-2H3,(H,20,21)/t13-/m0/s1. The molecule has 2 rings (SSSR count). The van der Waals surface area contributed by atoms with Crippen LogP contribution in [0.1, 0.15) is 39.2 Å². The molecule has 0 spiro atoms. The van der Waals surface area contributed by atoms with Crippen LogP contribution in [-0.4, -0.2) is 31.6 Å². The van der Waals surface area contributed by atoms with E-state index in [-0.39, 0.29) is 18.2 Å². The molecule has 130 valence electrons. The average molecular weight is 341 g/mol. The summed E-state index contributed by atoms with van der Waals surface area (Å²) in [6, 6.07) is 15.1. The monoisotopic (exact) mass is 341 g/mol. The van der Waals surface area contributed by atoms with E-state index in [1.54, 1.807) is 0 Å². The summed E-state index contributed by atoms with van der Waals surface area (Å²) in [6.07, 6.45) is 0. The van der Waals surface area contributed by atoms with Gasteiger partial charge in [0.25, 0.3) is 5.91 Å². The first-order chi connectivity index (χ1) is 12.0. The van der Waals surface area contributed by atoms with Gasteiger partial charge in [-0.1, -0.05) is 30.3 Å². The highest BCUT2D eigenvalue weighted by Gasteiger charge is 2.14. The Bertz CT molecular complexity index is 740.